The van der Waals surface area contributed by atoms with E-state index in [1.54, 1.807) is 0 Å². The third kappa shape index (κ3) is 1.58. The summed E-state index contributed by atoms with van der Waals surface area (Å²) in [5.41, 5.74) is 7.74. The average Bonchev–Trinajstić information content (AvgIpc) is 2.78. The van der Waals surface area contributed by atoms with Crippen LogP contribution in [-0.2, 0) is 6.42 Å². The summed E-state index contributed by atoms with van der Waals surface area (Å²) in [6, 6.07) is 0. The molecule has 2 atom stereocenters. The van der Waals surface area contributed by atoms with Gasteiger partial charge in [-0.3, -0.25) is 5.10 Å². The van der Waals surface area contributed by atoms with Crippen LogP contribution in [0.5, 0.6) is 0 Å². The molecule has 1 aromatic heterocycles. The van der Waals surface area contributed by atoms with Gasteiger partial charge in [0.1, 0.15) is 0 Å². The minimum atomic E-state index is 0.163. The third-order valence-corrected chi connectivity index (χ3v) is 4.04. The van der Waals surface area contributed by atoms with Crippen LogP contribution in [0, 0.1) is 5.92 Å². The van der Waals surface area contributed by atoms with E-state index in [-0.39, 0.29) is 5.54 Å². The van der Waals surface area contributed by atoms with Crippen LogP contribution in [0.3, 0.4) is 0 Å². The van der Waals surface area contributed by atoms with E-state index in [9.17, 15) is 0 Å². The topological polar surface area (TPSA) is 57.9 Å². The van der Waals surface area contributed by atoms with Crippen molar-refractivity contribution in [3.63, 3.8) is 0 Å². The van der Waals surface area contributed by atoms with Gasteiger partial charge in [-0.25, -0.2) is 0 Å². The molecule has 1 saturated heterocycles. The number of likely N-dealkylation sites (tertiary alicyclic amines) is 1. The van der Waals surface area contributed by atoms with Crippen molar-refractivity contribution in [2.24, 2.45) is 11.7 Å². The first-order valence-electron chi connectivity index (χ1n) is 5.75. The molecule has 4 nitrogen and oxygen atoms in total. The Morgan fingerprint density at radius 1 is 1.67 bits per heavy atom. The first kappa shape index (κ1) is 9.36. The smallest absolute Gasteiger partial charge is 0.0519 e. The van der Waals surface area contributed by atoms with E-state index in [0.717, 1.165) is 25.4 Å². The molecule has 2 aliphatic rings. The van der Waals surface area contributed by atoms with E-state index in [4.69, 9.17) is 5.73 Å². The van der Waals surface area contributed by atoms with E-state index in [2.05, 4.69) is 15.1 Å². The Hall–Kier alpha value is -0.870. The summed E-state index contributed by atoms with van der Waals surface area (Å²) in [7, 11) is 0. The van der Waals surface area contributed by atoms with Gasteiger partial charge < -0.3 is 10.6 Å². The van der Waals surface area contributed by atoms with Gasteiger partial charge in [0, 0.05) is 31.4 Å². The monoisotopic (exact) mass is 206 g/mol. The van der Waals surface area contributed by atoms with Gasteiger partial charge in [0.2, 0.25) is 0 Å². The standard InChI is InChI=1S/C11H18N4/c12-11-3-1-10(11)7-15(8-11)4-2-9-5-13-14-6-9/h5-6,10H,1-4,7-8,12H2,(H,13,14)/t10-,11-/m0/s1. The number of hydrogen-bond acceptors (Lipinski definition) is 3. The molecular weight excluding hydrogens is 188 g/mol. The highest BCUT2D eigenvalue weighted by Crippen LogP contribution is 2.42. The predicted octanol–water partition coefficient (Wildman–Crippen LogP) is 0.375. The maximum atomic E-state index is 6.29. The minimum absolute atomic E-state index is 0.163. The number of nitrogens with zero attached hydrogens (tertiary/aromatic N) is 2. The number of aromatic nitrogens is 2. The number of nitrogens with two attached hydrogens (primary N) is 1. The second kappa shape index (κ2) is 3.32. The molecule has 3 rings (SSSR count). The third-order valence-electron chi connectivity index (χ3n) is 4.04. The molecule has 15 heavy (non-hydrogen) atoms. The van der Waals surface area contributed by atoms with Crippen LogP contribution in [0.25, 0.3) is 0 Å². The predicted molar refractivity (Wildman–Crippen MR) is 58.4 cm³/mol. The highest BCUT2D eigenvalue weighted by atomic mass is 15.2. The normalized spacial score (nSPS) is 35.1. The van der Waals surface area contributed by atoms with Gasteiger partial charge in [0.05, 0.1) is 6.20 Å². The molecule has 82 valence electrons. The molecule has 0 unspecified atom stereocenters. The summed E-state index contributed by atoms with van der Waals surface area (Å²) < 4.78 is 0. The van der Waals surface area contributed by atoms with Gasteiger partial charge in [-0.2, -0.15) is 5.10 Å². The maximum absolute atomic E-state index is 6.29. The van der Waals surface area contributed by atoms with Crippen LogP contribution >= 0.6 is 0 Å². The van der Waals surface area contributed by atoms with Crippen molar-refractivity contribution in [3.8, 4) is 0 Å². The molecule has 2 heterocycles. The summed E-state index contributed by atoms with van der Waals surface area (Å²) >= 11 is 0. The number of H-pyrrole nitrogens is 1. The van der Waals surface area contributed by atoms with Crippen LogP contribution in [0.1, 0.15) is 18.4 Å². The highest BCUT2D eigenvalue weighted by molar-refractivity contribution is 5.09. The lowest BCUT2D eigenvalue weighted by Gasteiger charge is -2.40. The van der Waals surface area contributed by atoms with E-state index in [1.165, 1.54) is 24.9 Å². The van der Waals surface area contributed by atoms with Gasteiger partial charge in [-0.1, -0.05) is 0 Å². The summed E-state index contributed by atoms with van der Waals surface area (Å²) in [5, 5.41) is 6.80. The summed E-state index contributed by atoms with van der Waals surface area (Å²) in [6.07, 6.45) is 7.52. The first-order valence-corrected chi connectivity index (χ1v) is 5.75. The SMILES string of the molecule is N[C@]12CC[C@H]1CN(CCc1cn[nH]c1)C2. The van der Waals surface area contributed by atoms with Crippen molar-refractivity contribution in [3.05, 3.63) is 18.0 Å². The molecule has 4 heteroatoms. The fourth-order valence-electron chi connectivity index (χ4n) is 2.86. The second-order valence-corrected chi connectivity index (χ2v) is 5.06. The van der Waals surface area contributed by atoms with Crippen LogP contribution < -0.4 is 5.73 Å². The van der Waals surface area contributed by atoms with Crippen molar-refractivity contribution >= 4 is 0 Å². The molecule has 1 aromatic rings. The van der Waals surface area contributed by atoms with Gasteiger partial charge in [-0.15, -0.1) is 0 Å². The lowest BCUT2D eigenvalue weighted by molar-refractivity contribution is 0.188. The van der Waals surface area contributed by atoms with E-state index in [1.807, 2.05) is 12.4 Å². The molecule has 1 saturated carbocycles. The quantitative estimate of drug-likeness (QED) is 0.751. The van der Waals surface area contributed by atoms with Crippen molar-refractivity contribution < 1.29 is 0 Å². The van der Waals surface area contributed by atoms with Crippen LogP contribution in [0.4, 0.5) is 0 Å². The first-order chi connectivity index (χ1) is 7.26. The average molecular weight is 206 g/mol. The number of nitrogens with one attached hydrogen (secondary N) is 1. The lowest BCUT2D eigenvalue weighted by atomic mass is 9.70. The molecular formula is C11H18N4. The maximum Gasteiger partial charge on any atom is 0.0519 e. The Bertz CT molecular complexity index is 334. The number of aromatic amines is 1. The number of hydrogen-bond donors (Lipinski definition) is 2. The van der Waals surface area contributed by atoms with Crippen LogP contribution in [0.2, 0.25) is 0 Å². The zero-order valence-electron chi connectivity index (χ0n) is 8.95. The molecule has 0 spiro atoms. The zero-order valence-corrected chi connectivity index (χ0v) is 8.95. The van der Waals surface area contributed by atoms with Gasteiger partial charge in [-0.05, 0) is 30.7 Å². The fraction of sp³-hybridized carbons (Fsp3) is 0.727. The molecule has 0 aromatic carbocycles. The Balaban J connectivity index is 1.53. The van der Waals surface area contributed by atoms with Gasteiger partial charge in [0.15, 0.2) is 0 Å². The molecule has 0 bridgehead atoms. The summed E-state index contributed by atoms with van der Waals surface area (Å²) in [5.74, 6) is 0.766. The molecule has 3 N–H and O–H groups in total. The van der Waals surface area contributed by atoms with Gasteiger partial charge in [0.25, 0.3) is 0 Å². The van der Waals surface area contributed by atoms with E-state index >= 15 is 0 Å². The van der Waals surface area contributed by atoms with E-state index < -0.39 is 0 Å². The molecule has 0 radical (unpaired) electrons. The van der Waals surface area contributed by atoms with Crippen molar-refractivity contribution in [1.82, 2.24) is 15.1 Å². The molecule has 0 amide bonds. The Kier molecular flexibility index (Phi) is 2.07. The van der Waals surface area contributed by atoms with Crippen molar-refractivity contribution in [2.75, 3.05) is 19.6 Å². The summed E-state index contributed by atoms with van der Waals surface area (Å²) in [4.78, 5) is 2.50. The molecule has 2 fully saturated rings. The van der Waals surface area contributed by atoms with Crippen LogP contribution in [0.15, 0.2) is 12.4 Å². The van der Waals surface area contributed by atoms with Gasteiger partial charge >= 0.3 is 0 Å². The molecule has 1 aliphatic heterocycles. The van der Waals surface area contributed by atoms with E-state index in [0.29, 0.717) is 0 Å². The minimum Gasteiger partial charge on any atom is -0.324 e. The Morgan fingerprint density at radius 2 is 2.60 bits per heavy atom. The highest BCUT2D eigenvalue weighted by Gasteiger charge is 2.49. The van der Waals surface area contributed by atoms with Crippen LogP contribution in [-0.4, -0.2) is 40.3 Å². The number of rotatable bonds is 3. The largest absolute Gasteiger partial charge is 0.324 e. The Labute approximate surface area is 89.8 Å². The Morgan fingerprint density at radius 3 is 3.13 bits per heavy atom. The summed E-state index contributed by atoms with van der Waals surface area (Å²) in [6.45, 7) is 3.42. The number of fused-ring (bicyclic) bond motifs is 1. The zero-order chi connectivity index (χ0) is 10.3. The second-order valence-electron chi connectivity index (χ2n) is 5.06. The molecule has 1 aliphatic carbocycles. The lowest BCUT2D eigenvalue weighted by Crippen LogP contribution is -2.54. The fourth-order valence-corrected chi connectivity index (χ4v) is 2.86. The van der Waals surface area contributed by atoms with Crippen molar-refractivity contribution in [1.29, 1.82) is 0 Å². The van der Waals surface area contributed by atoms with Crippen molar-refractivity contribution in [2.45, 2.75) is 24.8 Å².